The van der Waals surface area contributed by atoms with Crippen molar-refractivity contribution < 1.29 is 13.3 Å². The van der Waals surface area contributed by atoms with Gasteiger partial charge in [0, 0.05) is 18.2 Å². The Hall–Kier alpha value is -1.51. The molecule has 0 saturated carbocycles. The minimum Gasteiger partial charge on any atom is -0.305 e. The Kier molecular flexibility index (Phi) is 3.81. The fourth-order valence-corrected chi connectivity index (χ4v) is 1.95. The highest BCUT2D eigenvalue weighted by molar-refractivity contribution is 7.89. The van der Waals surface area contributed by atoms with Crippen molar-refractivity contribution in [3.8, 4) is 0 Å². The van der Waals surface area contributed by atoms with E-state index in [1.54, 1.807) is 19.0 Å². The van der Waals surface area contributed by atoms with Crippen molar-refractivity contribution in [2.45, 2.75) is 11.4 Å². The van der Waals surface area contributed by atoms with Gasteiger partial charge >= 0.3 is 0 Å². The Morgan fingerprint density at radius 1 is 1.41 bits per heavy atom. The van der Waals surface area contributed by atoms with E-state index in [1.807, 2.05) is 0 Å². The molecular weight excluding hydrogens is 246 g/mol. The van der Waals surface area contributed by atoms with Gasteiger partial charge in [0.15, 0.2) is 0 Å². The molecule has 1 aromatic rings. The first-order chi connectivity index (χ1) is 7.71. The zero-order valence-electron chi connectivity index (χ0n) is 9.45. The molecular formula is C9H13N3O4S. The van der Waals surface area contributed by atoms with Crippen LogP contribution in [0.25, 0.3) is 0 Å². The van der Waals surface area contributed by atoms with Crippen LogP contribution in [0.15, 0.2) is 23.1 Å². The van der Waals surface area contributed by atoms with Crippen molar-refractivity contribution in [3.63, 3.8) is 0 Å². The summed E-state index contributed by atoms with van der Waals surface area (Å²) in [6, 6.07) is 3.51. The van der Waals surface area contributed by atoms with Crippen LogP contribution in [0.1, 0.15) is 5.56 Å². The highest BCUT2D eigenvalue weighted by Gasteiger charge is 2.18. The van der Waals surface area contributed by atoms with Crippen LogP contribution in [0.5, 0.6) is 0 Å². The van der Waals surface area contributed by atoms with Crippen LogP contribution in [-0.2, 0) is 16.6 Å². The summed E-state index contributed by atoms with van der Waals surface area (Å²) in [5.74, 6) is 0. The lowest BCUT2D eigenvalue weighted by Gasteiger charge is -2.10. The zero-order chi connectivity index (χ0) is 13.2. The first kappa shape index (κ1) is 13.6. The topological polar surface area (TPSA) is 107 Å². The third-order valence-electron chi connectivity index (χ3n) is 2.06. The van der Waals surface area contributed by atoms with E-state index in [4.69, 9.17) is 5.14 Å². The van der Waals surface area contributed by atoms with Crippen molar-refractivity contribution in [3.05, 3.63) is 33.9 Å². The third-order valence-corrected chi connectivity index (χ3v) is 2.97. The minimum absolute atomic E-state index is 0.119. The van der Waals surface area contributed by atoms with E-state index in [1.165, 1.54) is 6.07 Å². The van der Waals surface area contributed by atoms with Gasteiger partial charge in [-0.15, -0.1) is 0 Å². The number of sulfonamides is 1. The molecule has 7 nitrogen and oxygen atoms in total. The summed E-state index contributed by atoms with van der Waals surface area (Å²) in [7, 11) is -0.386. The van der Waals surface area contributed by atoms with Crippen molar-refractivity contribution in [2.75, 3.05) is 14.1 Å². The summed E-state index contributed by atoms with van der Waals surface area (Å²) in [4.78, 5) is 11.8. The Balaban J connectivity index is 3.34. The van der Waals surface area contributed by atoms with Crippen molar-refractivity contribution in [1.82, 2.24) is 4.90 Å². The molecule has 0 spiro atoms. The van der Waals surface area contributed by atoms with Crippen LogP contribution >= 0.6 is 0 Å². The number of nitro benzene ring substituents is 1. The molecule has 0 radical (unpaired) electrons. The number of hydrogen-bond acceptors (Lipinski definition) is 5. The van der Waals surface area contributed by atoms with E-state index >= 15 is 0 Å². The van der Waals surface area contributed by atoms with Crippen molar-refractivity contribution in [1.29, 1.82) is 0 Å². The second-order valence-corrected chi connectivity index (χ2v) is 5.39. The number of nitrogens with zero attached hydrogens (tertiary/aromatic N) is 2. The fraction of sp³-hybridized carbons (Fsp3) is 0.333. The van der Waals surface area contributed by atoms with Crippen LogP contribution < -0.4 is 5.14 Å². The largest absolute Gasteiger partial charge is 0.305 e. The molecule has 94 valence electrons. The third kappa shape index (κ3) is 3.48. The lowest BCUT2D eigenvalue weighted by molar-refractivity contribution is -0.385. The molecule has 1 rings (SSSR count). The van der Waals surface area contributed by atoms with E-state index in [0.29, 0.717) is 5.56 Å². The van der Waals surface area contributed by atoms with E-state index in [9.17, 15) is 18.5 Å². The summed E-state index contributed by atoms with van der Waals surface area (Å²) >= 11 is 0. The Morgan fingerprint density at radius 2 is 2.00 bits per heavy atom. The number of primary sulfonamides is 1. The molecule has 0 aliphatic carbocycles. The van der Waals surface area contributed by atoms with Crippen LogP contribution in [-0.4, -0.2) is 32.3 Å². The summed E-state index contributed by atoms with van der Waals surface area (Å²) in [5, 5.41) is 15.7. The van der Waals surface area contributed by atoms with Gasteiger partial charge in [-0.25, -0.2) is 13.6 Å². The van der Waals surface area contributed by atoms with Gasteiger partial charge in [0.05, 0.1) is 9.82 Å². The summed E-state index contributed by atoms with van der Waals surface area (Å²) in [6.07, 6.45) is 0. The second kappa shape index (κ2) is 4.78. The SMILES string of the molecule is CN(C)Cc1cc(S(N)(=O)=O)ccc1[N+](=O)[O-]. The molecule has 0 aliphatic heterocycles. The maximum atomic E-state index is 11.1. The van der Waals surface area contributed by atoms with E-state index < -0.39 is 14.9 Å². The fourth-order valence-electron chi connectivity index (χ4n) is 1.38. The van der Waals surface area contributed by atoms with Gasteiger partial charge in [0.2, 0.25) is 10.0 Å². The van der Waals surface area contributed by atoms with E-state index in [-0.39, 0.29) is 17.1 Å². The van der Waals surface area contributed by atoms with Crippen LogP contribution in [0.2, 0.25) is 0 Å². The molecule has 0 aromatic heterocycles. The Morgan fingerprint density at radius 3 is 2.41 bits per heavy atom. The van der Waals surface area contributed by atoms with Gasteiger partial charge in [-0.05, 0) is 26.2 Å². The summed E-state index contributed by atoms with van der Waals surface area (Å²) < 4.78 is 22.3. The van der Waals surface area contributed by atoms with Gasteiger partial charge in [0.1, 0.15) is 0 Å². The minimum atomic E-state index is -3.84. The molecule has 8 heteroatoms. The maximum Gasteiger partial charge on any atom is 0.273 e. The molecule has 17 heavy (non-hydrogen) atoms. The predicted octanol–water partition coefficient (Wildman–Crippen LogP) is 0.304. The van der Waals surface area contributed by atoms with E-state index in [0.717, 1.165) is 12.1 Å². The number of nitro groups is 1. The zero-order valence-corrected chi connectivity index (χ0v) is 10.3. The first-order valence-corrected chi connectivity index (χ1v) is 6.21. The predicted molar refractivity (Wildman–Crippen MR) is 61.9 cm³/mol. The van der Waals surface area contributed by atoms with Gasteiger partial charge in [-0.1, -0.05) is 0 Å². The molecule has 0 heterocycles. The van der Waals surface area contributed by atoms with Crippen LogP contribution in [0.3, 0.4) is 0 Å². The summed E-state index contributed by atoms with van der Waals surface area (Å²) in [6.45, 7) is 0.264. The normalized spacial score (nSPS) is 11.8. The smallest absolute Gasteiger partial charge is 0.273 e. The van der Waals surface area contributed by atoms with Crippen LogP contribution in [0, 0.1) is 10.1 Å². The van der Waals surface area contributed by atoms with Gasteiger partial charge in [0.25, 0.3) is 5.69 Å². The van der Waals surface area contributed by atoms with Gasteiger partial charge in [-0.3, -0.25) is 10.1 Å². The molecule has 0 aliphatic rings. The lowest BCUT2D eigenvalue weighted by Crippen LogP contribution is -2.15. The Bertz CT molecular complexity index is 539. The van der Waals surface area contributed by atoms with E-state index in [2.05, 4.69) is 0 Å². The highest BCUT2D eigenvalue weighted by Crippen LogP contribution is 2.22. The number of rotatable bonds is 4. The average Bonchev–Trinajstić information content (AvgIpc) is 2.14. The molecule has 0 unspecified atom stereocenters. The average molecular weight is 259 g/mol. The number of benzene rings is 1. The van der Waals surface area contributed by atoms with Gasteiger partial charge in [-0.2, -0.15) is 0 Å². The lowest BCUT2D eigenvalue weighted by atomic mass is 10.2. The Labute approximate surface area is 99.0 Å². The standard InChI is InChI=1S/C9H13N3O4S/c1-11(2)6-7-5-8(17(10,15)16)3-4-9(7)12(13)14/h3-5H,6H2,1-2H3,(H2,10,15,16). The molecule has 1 aromatic carbocycles. The molecule has 2 N–H and O–H groups in total. The highest BCUT2D eigenvalue weighted by atomic mass is 32.2. The molecule has 0 bridgehead atoms. The molecule has 0 amide bonds. The molecule has 0 fully saturated rings. The summed E-state index contributed by atoms with van der Waals surface area (Å²) in [5.41, 5.74) is 0.192. The van der Waals surface area contributed by atoms with Gasteiger partial charge < -0.3 is 4.90 Å². The monoisotopic (exact) mass is 259 g/mol. The number of hydrogen-bond donors (Lipinski definition) is 1. The molecule has 0 atom stereocenters. The number of nitrogens with two attached hydrogens (primary N) is 1. The first-order valence-electron chi connectivity index (χ1n) is 4.66. The maximum absolute atomic E-state index is 11.1. The van der Waals surface area contributed by atoms with Crippen LogP contribution in [0.4, 0.5) is 5.69 Å². The van der Waals surface area contributed by atoms with Crippen molar-refractivity contribution >= 4 is 15.7 Å². The molecule has 0 saturated heterocycles. The second-order valence-electron chi connectivity index (χ2n) is 3.83. The van der Waals surface area contributed by atoms with Crippen molar-refractivity contribution in [2.24, 2.45) is 5.14 Å². The quantitative estimate of drug-likeness (QED) is 0.618.